The summed E-state index contributed by atoms with van der Waals surface area (Å²) in [6.45, 7) is 0. The highest BCUT2D eigenvalue weighted by Gasteiger charge is 2.24. The van der Waals surface area contributed by atoms with Crippen LogP contribution in [-0.4, -0.2) is 51.9 Å². The first-order chi connectivity index (χ1) is 16.3. The number of anilines is 3. The smallest absolute Gasteiger partial charge is 0.355 e. The molecule has 0 aliphatic rings. The number of hydrogen-bond acceptors (Lipinski definition) is 12. The zero-order chi connectivity index (χ0) is 24.7. The van der Waals surface area contributed by atoms with Crippen LogP contribution in [0.15, 0.2) is 49.1 Å². The first kappa shape index (κ1) is 23.5. The molecule has 2 heterocycles. The molecule has 0 atom stereocenters. The Balaban J connectivity index is 1.93. The number of hydrogen-bond donors (Lipinski definition) is 3. The average molecular weight is 467 g/mol. The lowest BCUT2D eigenvalue weighted by Crippen LogP contribution is -2.30. The highest BCUT2D eigenvalue weighted by Crippen LogP contribution is 2.31. The normalized spacial score (nSPS) is 10.1. The van der Waals surface area contributed by atoms with Gasteiger partial charge >= 0.3 is 17.6 Å². The topological polar surface area (TPSA) is 188 Å². The maximum Gasteiger partial charge on any atom is 0.355 e. The summed E-state index contributed by atoms with van der Waals surface area (Å²) >= 11 is 0. The predicted octanol–water partition coefficient (Wildman–Crippen LogP) is 1.85. The molecular formula is C20H17N7O7. The Morgan fingerprint density at radius 3 is 2.06 bits per heavy atom. The molecule has 0 spiro atoms. The van der Waals surface area contributed by atoms with Crippen molar-refractivity contribution in [3.8, 4) is 0 Å². The van der Waals surface area contributed by atoms with Crippen LogP contribution < -0.4 is 16.2 Å². The minimum Gasteiger partial charge on any atom is -0.465 e. The zero-order valence-electron chi connectivity index (χ0n) is 17.8. The van der Waals surface area contributed by atoms with Crippen molar-refractivity contribution < 1.29 is 28.8 Å². The number of rotatable bonds is 8. The molecule has 0 unspecified atom stereocenters. The number of ether oxygens (including phenoxy) is 2. The number of carbonyl (C=O) groups is 3. The van der Waals surface area contributed by atoms with Gasteiger partial charge in [0, 0.05) is 23.6 Å². The minimum atomic E-state index is -0.769. The van der Waals surface area contributed by atoms with Crippen molar-refractivity contribution in [1.82, 2.24) is 20.4 Å². The summed E-state index contributed by atoms with van der Waals surface area (Å²) in [5.41, 5.74) is 4.44. The lowest BCUT2D eigenvalue weighted by Gasteiger charge is -2.12. The van der Waals surface area contributed by atoms with E-state index in [4.69, 9.17) is 0 Å². The Morgan fingerprint density at radius 2 is 1.50 bits per heavy atom. The summed E-state index contributed by atoms with van der Waals surface area (Å²) in [4.78, 5) is 58.7. The van der Waals surface area contributed by atoms with E-state index < -0.39 is 28.5 Å². The second kappa shape index (κ2) is 10.4. The van der Waals surface area contributed by atoms with E-state index in [0.29, 0.717) is 0 Å². The van der Waals surface area contributed by atoms with Gasteiger partial charge in [-0.25, -0.2) is 19.6 Å². The van der Waals surface area contributed by atoms with Crippen LogP contribution in [0.5, 0.6) is 0 Å². The molecule has 34 heavy (non-hydrogen) atoms. The standard InChI is InChI=1S/C20H17N7O7/c1-33-19(29)12-7-13(20(30)34-2)9-14(8-12)24-16-15(27(31)32)17(23-10-22-16)25-26-18(28)11-3-5-21-6-4-11/h3-10H,1-2H3,(H,26,28)(H2,22,23,24,25). The molecule has 0 aliphatic carbocycles. The van der Waals surface area contributed by atoms with Crippen LogP contribution in [0, 0.1) is 10.1 Å². The van der Waals surface area contributed by atoms with E-state index in [1.807, 2.05) is 0 Å². The van der Waals surface area contributed by atoms with E-state index in [2.05, 4.69) is 40.6 Å². The molecule has 0 saturated heterocycles. The van der Waals surface area contributed by atoms with E-state index in [-0.39, 0.29) is 34.0 Å². The summed E-state index contributed by atoms with van der Waals surface area (Å²) in [6, 6.07) is 6.76. The molecule has 174 valence electrons. The molecule has 0 fully saturated rings. The summed E-state index contributed by atoms with van der Waals surface area (Å²) in [7, 11) is 2.32. The fourth-order valence-corrected chi connectivity index (χ4v) is 2.73. The van der Waals surface area contributed by atoms with Gasteiger partial charge in [-0.3, -0.25) is 30.7 Å². The molecule has 14 nitrogen and oxygen atoms in total. The molecule has 3 N–H and O–H groups in total. The molecule has 14 heteroatoms. The number of esters is 2. The number of nitro groups is 1. The Bertz CT molecular complexity index is 1220. The van der Waals surface area contributed by atoms with Crippen molar-refractivity contribution in [3.05, 3.63) is 75.9 Å². The van der Waals surface area contributed by atoms with Gasteiger partial charge in [0.25, 0.3) is 5.91 Å². The third kappa shape index (κ3) is 5.37. The van der Waals surface area contributed by atoms with E-state index in [9.17, 15) is 24.5 Å². The van der Waals surface area contributed by atoms with Crippen LogP contribution >= 0.6 is 0 Å². The van der Waals surface area contributed by atoms with Crippen molar-refractivity contribution in [2.45, 2.75) is 0 Å². The molecule has 0 aliphatic heterocycles. The van der Waals surface area contributed by atoms with Crippen molar-refractivity contribution in [1.29, 1.82) is 0 Å². The van der Waals surface area contributed by atoms with Gasteiger partial charge in [-0.05, 0) is 30.3 Å². The molecule has 1 amide bonds. The molecule has 1 aromatic carbocycles. The summed E-state index contributed by atoms with van der Waals surface area (Å²) in [6.07, 6.45) is 3.84. The highest BCUT2D eigenvalue weighted by molar-refractivity contribution is 5.97. The van der Waals surface area contributed by atoms with Crippen LogP contribution in [0.1, 0.15) is 31.1 Å². The number of pyridine rings is 1. The van der Waals surface area contributed by atoms with Crippen LogP contribution in [0.3, 0.4) is 0 Å². The van der Waals surface area contributed by atoms with E-state index >= 15 is 0 Å². The number of nitrogens with one attached hydrogen (secondary N) is 3. The monoisotopic (exact) mass is 467 g/mol. The number of carbonyl (C=O) groups excluding carboxylic acids is 3. The second-order valence-corrected chi connectivity index (χ2v) is 6.40. The number of hydrazine groups is 1. The Hall–Kier alpha value is -5.14. The largest absolute Gasteiger partial charge is 0.465 e. The summed E-state index contributed by atoms with van der Waals surface area (Å²) in [5, 5.41) is 14.4. The van der Waals surface area contributed by atoms with Gasteiger partial charge in [0.2, 0.25) is 11.6 Å². The van der Waals surface area contributed by atoms with Gasteiger partial charge in [0.1, 0.15) is 6.33 Å². The van der Waals surface area contributed by atoms with E-state index in [1.54, 1.807) is 0 Å². The van der Waals surface area contributed by atoms with Crippen molar-refractivity contribution in [2.75, 3.05) is 25.0 Å². The summed E-state index contributed by atoms with van der Waals surface area (Å²) < 4.78 is 9.35. The maximum absolute atomic E-state index is 12.2. The van der Waals surface area contributed by atoms with Crippen LogP contribution in [0.4, 0.5) is 23.0 Å². The third-order valence-electron chi connectivity index (χ3n) is 4.28. The van der Waals surface area contributed by atoms with Crippen LogP contribution in [-0.2, 0) is 9.47 Å². The SMILES string of the molecule is COC(=O)c1cc(Nc2ncnc(NNC(=O)c3ccncc3)c2[N+](=O)[O-])cc(C(=O)OC)c1. The maximum atomic E-state index is 12.2. The minimum absolute atomic E-state index is 0.00688. The van der Waals surface area contributed by atoms with Gasteiger partial charge in [-0.1, -0.05) is 0 Å². The highest BCUT2D eigenvalue weighted by atomic mass is 16.6. The number of nitrogens with zero attached hydrogens (tertiary/aromatic N) is 4. The van der Waals surface area contributed by atoms with Gasteiger partial charge in [0.05, 0.1) is 30.3 Å². The first-order valence-electron chi connectivity index (χ1n) is 9.38. The van der Waals surface area contributed by atoms with Gasteiger partial charge in [-0.2, -0.15) is 0 Å². The van der Waals surface area contributed by atoms with Crippen LogP contribution in [0.2, 0.25) is 0 Å². The van der Waals surface area contributed by atoms with E-state index in [1.165, 1.54) is 42.7 Å². The van der Waals surface area contributed by atoms with Crippen LogP contribution in [0.25, 0.3) is 0 Å². The molecule has 0 radical (unpaired) electrons. The number of aromatic nitrogens is 3. The fourth-order valence-electron chi connectivity index (χ4n) is 2.73. The fraction of sp³-hybridized carbons (Fsp3) is 0.100. The number of benzene rings is 1. The van der Waals surface area contributed by atoms with Gasteiger partial charge in [-0.15, -0.1) is 0 Å². The molecule has 3 aromatic rings. The zero-order valence-corrected chi connectivity index (χ0v) is 17.8. The van der Waals surface area contributed by atoms with E-state index in [0.717, 1.165) is 20.5 Å². The Labute approximate surface area is 191 Å². The quantitative estimate of drug-likeness (QED) is 0.248. The molecule has 3 rings (SSSR count). The lowest BCUT2D eigenvalue weighted by molar-refractivity contribution is -0.383. The van der Waals surface area contributed by atoms with Gasteiger partial charge < -0.3 is 14.8 Å². The summed E-state index contributed by atoms with van der Waals surface area (Å²) in [5.74, 6) is -2.67. The predicted molar refractivity (Wildman–Crippen MR) is 116 cm³/mol. The van der Waals surface area contributed by atoms with Crippen molar-refractivity contribution in [2.24, 2.45) is 0 Å². The number of amides is 1. The lowest BCUT2D eigenvalue weighted by atomic mass is 10.1. The van der Waals surface area contributed by atoms with Crippen molar-refractivity contribution >= 4 is 40.9 Å². The number of methoxy groups -OCH3 is 2. The Morgan fingerprint density at radius 1 is 0.912 bits per heavy atom. The third-order valence-corrected chi connectivity index (χ3v) is 4.28. The Kier molecular flexibility index (Phi) is 7.23. The molecule has 0 bridgehead atoms. The molecular weight excluding hydrogens is 450 g/mol. The van der Waals surface area contributed by atoms with Gasteiger partial charge in [0.15, 0.2) is 0 Å². The second-order valence-electron chi connectivity index (χ2n) is 6.40. The molecule has 0 saturated carbocycles. The first-order valence-corrected chi connectivity index (χ1v) is 9.38. The molecule has 2 aromatic heterocycles. The average Bonchev–Trinajstić information content (AvgIpc) is 2.86. The van der Waals surface area contributed by atoms with Crippen molar-refractivity contribution in [3.63, 3.8) is 0 Å².